The van der Waals surface area contributed by atoms with Crippen molar-refractivity contribution < 1.29 is 20.8 Å². The molecule has 0 radical (unpaired) electrons. The second kappa shape index (κ2) is 11.4. The third-order valence-corrected chi connectivity index (χ3v) is 7.37. The number of hydrogen-bond donors (Lipinski definition) is 1. The minimum atomic E-state index is -4.22. The second-order valence-corrected chi connectivity index (χ2v) is 11.7. The fourth-order valence-corrected chi connectivity index (χ4v) is 5.16. The zero-order chi connectivity index (χ0) is 28.3. The largest absolute Gasteiger partial charge is 0.438 e. The van der Waals surface area contributed by atoms with Gasteiger partial charge in [-0.1, -0.05) is 37.6 Å². The molecule has 4 rings (SSSR count). The van der Waals surface area contributed by atoms with Crippen LogP contribution in [0.3, 0.4) is 0 Å². The fourth-order valence-electron chi connectivity index (χ4n) is 4.18. The van der Waals surface area contributed by atoms with E-state index in [-0.39, 0.29) is 19.3 Å². The Balaban J connectivity index is 0.00000294. The average Bonchev–Trinajstić information content (AvgIpc) is 3.34. The van der Waals surface area contributed by atoms with Crippen LogP contribution in [0, 0.1) is 33.6 Å². The van der Waals surface area contributed by atoms with Gasteiger partial charge in [0.25, 0.3) is 15.9 Å². The quantitative estimate of drug-likeness (QED) is 0.270. The molecule has 9 nitrogen and oxygen atoms in total. The Morgan fingerprint density at radius 3 is 2.44 bits per heavy atom. The van der Waals surface area contributed by atoms with E-state index in [4.69, 9.17) is 4.74 Å². The second-order valence-electron chi connectivity index (χ2n) is 10.1. The maximum absolute atomic E-state index is 13.3. The number of nitrogens with one attached hydrogen (secondary N) is 1. The van der Waals surface area contributed by atoms with Gasteiger partial charge in [0.2, 0.25) is 5.88 Å². The number of aryl methyl sites for hydroxylation is 5. The fraction of sp³-hybridized carbons (Fsp3) is 0.310. The monoisotopic (exact) mass is 551 g/mol. The maximum Gasteiger partial charge on any atom is 0.281 e. The van der Waals surface area contributed by atoms with Crippen molar-refractivity contribution in [2.45, 2.75) is 59.5 Å². The first-order valence-corrected chi connectivity index (χ1v) is 14.2. The summed E-state index contributed by atoms with van der Waals surface area (Å²) in [6.45, 7) is 12.6. The van der Waals surface area contributed by atoms with Gasteiger partial charge in [0.1, 0.15) is 11.3 Å². The van der Waals surface area contributed by atoms with Crippen LogP contribution in [0.25, 0.3) is 11.3 Å². The summed E-state index contributed by atoms with van der Waals surface area (Å²) < 4.78 is 36.0. The van der Waals surface area contributed by atoms with Gasteiger partial charge in [0.05, 0.1) is 11.9 Å². The topological polar surface area (TPSA) is 116 Å². The summed E-state index contributed by atoms with van der Waals surface area (Å²) in [7, 11) is -4.22. The highest BCUT2D eigenvalue weighted by Gasteiger charge is 2.25. The van der Waals surface area contributed by atoms with E-state index in [9.17, 15) is 13.2 Å². The number of aromatic nitrogens is 4. The molecule has 0 atom stereocenters. The highest BCUT2D eigenvalue weighted by Crippen LogP contribution is 2.32. The molecule has 3 aromatic heterocycles. The van der Waals surface area contributed by atoms with E-state index in [0.29, 0.717) is 23.1 Å². The van der Waals surface area contributed by atoms with Gasteiger partial charge in [-0.2, -0.15) is 13.5 Å². The number of rotatable bonds is 9. The molecule has 4 aromatic rings. The van der Waals surface area contributed by atoms with Crippen molar-refractivity contribution in [1.82, 2.24) is 24.5 Å². The zero-order valence-electron chi connectivity index (χ0n) is 23.0. The lowest BCUT2D eigenvalue weighted by atomic mass is 10.1. The van der Waals surface area contributed by atoms with Crippen molar-refractivity contribution in [3.63, 3.8) is 0 Å². The molecule has 0 spiro atoms. The van der Waals surface area contributed by atoms with Crippen molar-refractivity contribution in [1.29, 1.82) is 0 Å². The Hall–Kier alpha value is -4.05. The molecular weight excluding hydrogens is 514 g/mol. The first kappa shape index (κ1) is 28.0. The molecule has 0 bridgehead atoms. The van der Waals surface area contributed by atoms with E-state index in [1.165, 1.54) is 12.1 Å². The number of amides is 1. The van der Waals surface area contributed by atoms with E-state index in [1.54, 1.807) is 31.3 Å². The molecule has 3 heterocycles. The van der Waals surface area contributed by atoms with Crippen molar-refractivity contribution >= 4 is 15.9 Å². The number of nitrogens with zero attached hydrogens (tertiary/aromatic N) is 4. The molecule has 0 fully saturated rings. The number of hydrogen-bond acceptors (Lipinski definition) is 7. The SMILES string of the molecule is Cc1cc(C)c(Oc2nc(-c3cnn(CCC(C)C)c3)ccc2C(=O)NS(=O)(=O)c2cccc(C)n2)c(C)c1.[HH].[HH]. The van der Waals surface area contributed by atoms with Crippen LogP contribution in [0.2, 0.25) is 0 Å². The average molecular weight is 552 g/mol. The first-order chi connectivity index (χ1) is 18.4. The number of pyridine rings is 2. The number of carbonyl (C=O) groups excluding carboxylic acids is 1. The van der Waals surface area contributed by atoms with Gasteiger partial charge in [-0.25, -0.2) is 14.7 Å². The van der Waals surface area contributed by atoms with Gasteiger partial charge in [-0.3, -0.25) is 9.48 Å². The predicted octanol–water partition coefficient (Wildman–Crippen LogP) is 6.02. The number of benzene rings is 1. The lowest BCUT2D eigenvalue weighted by molar-refractivity contribution is 0.0978. The third kappa shape index (κ3) is 6.69. The summed E-state index contributed by atoms with van der Waals surface area (Å²) in [4.78, 5) is 22.0. The van der Waals surface area contributed by atoms with Gasteiger partial charge in [-0.05, 0) is 75.4 Å². The van der Waals surface area contributed by atoms with Gasteiger partial charge < -0.3 is 4.74 Å². The third-order valence-electron chi connectivity index (χ3n) is 6.14. The first-order valence-electron chi connectivity index (χ1n) is 12.7. The van der Waals surface area contributed by atoms with Gasteiger partial charge >= 0.3 is 0 Å². The summed E-state index contributed by atoms with van der Waals surface area (Å²) in [5.74, 6) is 0.209. The molecule has 39 heavy (non-hydrogen) atoms. The molecule has 0 unspecified atom stereocenters. The Bertz CT molecular complexity index is 1610. The molecule has 0 saturated heterocycles. The van der Waals surface area contributed by atoms with E-state index >= 15 is 0 Å². The van der Waals surface area contributed by atoms with Crippen LogP contribution >= 0.6 is 0 Å². The van der Waals surface area contributed by atoms with Crippen LogP contribution < -0.4 is 9.46 Å². The molecular formula is C29H37N5O4S. The van der Waals surface area contributed by atoms with Gasteiger partial charge in [0, 0.05) is 26.9 Å². The molecule has 0 saturated carbocycles. The summed E-state index contributed by atoms with van der Waals surface area (Å²) in [5.41, 5.74) is 4.59. The number of sulfonamides is 1. The highest BCUT2D eigenvalue weighted by atomic mass is 32.2. The van der Waals surface area contributed by atoms with E-state index in [2.05, 4.69) is 33.6 Å². The van der Waals surface area contributed by atoms with Crippen LogP contribution in [-0.4, -0.2) is 34.1 Å². The van der Waals surface area contributed by atoms with Crippen molar-refractivity contribution in [2.24, 2.45) is 5.92 Å². The molecule has 1 amide bonds. The zero-order valence-corrected chi connectivity index (χ0v) is 23.8. The molecule has 1 aromatic carbocycles. The Morgan fingerprint density at radius 2 is 1.77 bits per heavy atom. The smallest absolute Gasteiger partial charge is 0.281 e. The summed E-state index contributed by atoms with van der Waals surface area (Å²) >= 11 is 0. The summed E-state index contributed by atoms with van der Waals surface area (Å²) in [5, 5.41) is 4.18. The minimum absolute atomic E-state index is 0. The van der Waals surface area contributed by atoms with Crippen LogP contribution in [0.4, 0.5) is 0 Å². The van der Waals surface area contributed by atoms with E-state index < -0.39 is 15.9 Å². The van der Waals surface area contributed by atoms with Crippen molar-refractivity contribution in [2.75, 3.05) is 0 Å². The van der Waals surface area contributed by atoms with E-state index in [1.807, 2.05) is 43.8 Å². The minimum Gasteiger partial charge on any atom is -0.438 e. The molecule has 208 valence electrons. The van der Waals surface area contributed by atoms with Gasteiger partial charge in [-0.15, -0.1) is 0 Å². The van der Waals surface area contributed by atoms with Crippen LogP contribution in [0.15, 0.2) is 59.9 Å². The van der Waals surface area contributed by atoms with Crippen LogP contribution in [0.5, 0.6) is 11.6 Å². The predicted molar refractivity (Wildman–Crippen MR) is 153 cm³/mol. The molecule has 10 heteroatoms. The standard InChI is InChI=1S/C29H33N5O4S.2H2/c1-18(2)12-13-34-17-23(16-30-34)25-11-10-24(28(35)33-39(36,37)26-9-7-8-22(6)31-26)29(32-25)38-27-20(4)14-19(3)15-21(27)5;;/h7-11,14-18H,12-13H2,1-6H3,(H,33,35);2*1H. The Kier molecular flexibility index (Phi) is 8.15. The highest BCUT2D eigenvalue weighted by molar-refractivity contribution is 7.90. The molecule has 0 aliphatic heterocycles. The Labute approximate surface area is 232 Å². The Morgan fingerprint density at radius 1 is 1.05 bits per heavy atom. The van der Waals surface area contributed by atoms with Gasteiger partial charge in [0.15, 0.2) is 5.03 Å². The van der Waals surface area contributed by atoms with Crippen LogP contribution in [0.1, 0.15) is 55.9 Å². The lowest BCUT2D eigenvalue weighted by Gasteiger charge is -2.15. The lowest BCUT2D eigenvalue weighted by Crippen LogP contribution is -2.31. The molecule has 0 aliphatic rings. The van der Waals surface area contributed by atoms with Crippen LogP contribution in [-0.2, 0) is 16.6 Å². The van der Waals surface area contributed by atoms with Crippen molar-refractivity contribution in [3.05, 3.63) is 82.8 Å². The molecule has 1 N–H and O–H groups in total. The summed E-state index contributed by atoms with van der Waals surface area (Å²) in [6.07, 6.45) is 4.59. The van der Waals surface area contributed by atoms with Crippen molar-refractivity contribution in [3.8, 4) is 22.9 Å². The number of carbonyl (C=O) groups is 1. The van der Waals surface area contributed by atoms with E-state index in [0.717, 1.165) is 35.2 Å². The maximum atomic E-state index is 13.3. The number of ether oxygens (including phenoxy) is 1. The summed E-state index contributed by atoms with van der Waals surface area (Å²) in [6, 6.07) is 11.7. The molecule has 0 aliphatic carbocycles. The normalized spacial score (nSPS) is 11.6.